The quantitative estimate of drug-likeness (QED) is 0.614. The Morgan fingerprint density at radius 2 is 2.17 bits per heavy atom. The zero-order valence-corrected chi connectivity index (χ0v) is 10.6. The van der Waals surface area contributed by atoms with Crippen molar-refractivity contribution in [3.8, 4) is 5.75 Å². The van der Waals surface area contributed by atoms with E-state index in [4.69, 9.17) is 16.3 Å². The fraction of sp³-hybridized carbons (Fsp3) is 0.455. The van der Waals surface area contributed by atoms with E-state index >= 15 is 0 Å². The molecule has 1 heterocycles. The number of hydrogen-bond acceptors (Lipinski definition) is 4. The fourth-order valence-corrected chi connectivity index (χ4v) is 1.65. The minimum atomic E-state index is -2.73. The number of pyridine rings is 1. The van der Waals surface area contributed by atoms with Crippen molar-refractivity contribution in [2.75, 3.05) is 14.2 Å². The molecular formula is C11H12ClF2NO3. The zero-order valence-electron chi connectivity index (χ0n) is 9.87. The molecule has 0 spiro atoms. The van der Waals surface area contributed by atoms with Crippen LogP contribution in [-0.4, -0.2) is 25.2 Å². The van der Waals surface area contributed by atoms with E-state index in [1.807, 2.05) is 0 Å². The van der Waals surface area contributed by atoms with E-state index in [-0.39, 0.29) is 35.0 Å². The molecule has 100 valence electrons. The number of carbonyl (C=O) groups is 1. The van der Waals surface area contributed by atoms with Crippen LogP contribution in [0.4, 0.5) is 8.78 Å². The van der Waals surface area contributed by atoms with Gasteiger partial charge in [0, 0.05) is 0 Å². The first-order valence-electron chi connectivity index (χ1n) is 5.01. The van der Waals surface area contributed by atoms with Crippen LogP contribution in [0.2, 0.25) is 0 Å². The van der Waals surface area contributed by atoms with Gasteiger partial charge in [-0.3, -0.25) is 9.78 Å². The Morgan fingerprint density at radius 1 is 1.50 bits per heavy atom. The number of aromatic nitrogens is 1. The Hall–Kier alpha value is -1.43. The van der Waals surface area contributed by atoms with Crippen molar-refractivity contribution >= 4 is 17.6 Å². The summed E-state index contributed by atoms with van der Waals surface area (Å²) in [6.45, 7) is 0. The summed E-state index contributed by atoms with van der Waals surface area (Å²) < 4.78 is 35.1. The van der Waals surface area contributed by atoms with E-state index in [1.54, 1.807) is 0 Å². The highest BCUT2D eigenvalue weighted by Gasteiger charge is 2.20. The zero-order chi connectivity index (χ0) is 13.7. The molecule has 0 radical (unpaired) electrons. The van der Waals surface area contributed by atoms with Crippen molar-refractivity contribution in [2.24, 2.45) is 0 Å². The van der Waals surface area contributed by atoms with Crippen LogP contribution in [0.25, 0.3) is 0 Å². The Balaban J connectivity index is 3.22. The Bertz CT molecular complexity index is 441. The molecule has 0 aliphatic heterocycles. The van der Waals surface area contributed by atoms with E-state index in [0.717, 1.165) is 6.07 Å². The highest BCUT2D eigenvalue weighted by molar-refractivity contribution is 6.17. The lowest BCUT2D eigenvalue weighted by atomic mass is 10.1. The Labute approximate surface area is 108 Å². The molecule has 0 amide bonds. The molecule has 0 aliphatic carbocycles. The van der Waals surface area contributed by atoms with Crippen LogP contribution in [0.1, 0.15) is 23.4 Å². The van der Waals surface area contributed by atoms with E-state index in [1.165, 1.54) is 14.2 Å². The second-order valence-electron chi connectivity index (χ2n) is 3.37. The molecule has 4 nitrogen and oxygen atoms in total. The lowest BCUT2D eigenvalue weighted by Gasteiger charge is -2.13. The highest BCUT2D eigenvalue weighted by Crippen LogP contribution is 2.32. The number of rotatable bonds is 5. The maximum atomic E-state index is 12.9. The third-order valence-electron chi connectivity index (χ3n) is 2.24. The summed E-state index contributed by atoms with van der Waals surface area (Å²) in [6, 6.07) is 1.12. The second kappa shape index (κ2) is 6.49. The van der Waals surface area contributed by atoms with Crippen LogP contribution in [0.15, 0.2) is 6.07 Å². The summed E-state index contributed by atoms with van der Waals surface area (Å²) in [6.07, 6.45) is -2.93. The molecule has 0 fully saturated rings. The molecule has 7 heteroatoms. The molecule has 0 bridgehead atoms. The van der Waals surface area contributed by atoms with Gasteiger partial charge < -0.3 is 9.47 Å². The summed E-state index contributed by atoms with van der Waals surface area (Å²) in [5, 5.41) is 0. The average Bonchev–Trinajstić information content (AvgIpc) is 2.37. The van der Waals surface area contributed by atoms with Gasteiger partial charge in [0.25, 0.3) is 6.43 Å². The van der Waals surface area contributed by atoms with Gasteiger partial charge in [0.15, 0.2) is 5.75 Å². The summed E-state index contributed by atoms with van der Waals surface area (Å²) in [7, 11) is 2.47. The van der Waals surface area contributed by atoms with Crippen LogP contribution in [0.5, 0.6) is 5.75 Å². The fourth-order valence-electron chi connectivity index (χ4n) is 1.47. The van der Waals surface area contributed by atoms with Crippen LogP contribution in [0.3, 0.4) is 0 Å². The first-order chi connectivity index (χ1) is 8.53. The van der Waals surface area contributed by atoms with Crippen LogP contribution in [-0.2, 0) is 21.8 Å². The molecule has 1 aromatic heterocycles. The normalized spacial score (nSPS) is 10.6. The minimum Gasteiger partial charge on any atom is -0.494 e. The number of ether oxygens (including phenoxy) is 2. The van der Waals surface area contributed by atoms with Crippen molar-refractivity contribution in [3.05, 3.63) is 23.0 Å². The van der Waals surface area contributed by atoms with Crippen LogP contribution < -0.4 is 4.74 Å². The number of hydrogen-bond donors (Lipinski definition) is 0. The molecule has 0 aliphatic rings. The molecule has 0 N–H and O–H groups in total. The maximum absolute atomic E-state index is 12.9. The molecule has 0 saturated carbocycles. The summed E-state index contributed by atoms with van der Waals surface area (Å²) in [5.74, 6) is -0.695. The molecule has 0 unspecified atom stereocenters. The van der Waals surface area contributed by atoms with E-state index in [9.17, 15) is 13.6 Å². The number of methoxy groups -OCH3 is 2. The first-order valence-corrected chi connectivity index (χ1v) is 5.54. The monoisotopic (exact) mass is 279 g/mol. The van der Waals surface area contributed by atoms with Crippen LogP contribution >= 0.6 is 11.6 Å². The van der Waals surface area contributed by atoms with E-state index in [0.29, 0.717) is 0 Å². The van der Waals surface area contributed by atoms with E-state index < -0.39 is 12.4 Å². The van der Waals surface area contributed by atoms with Gasteiger partial charge in [-0.1, -0.05) is 0 Å². The van der Waals surface area contributed by atoms with E-state index in [2.05, 4.69) is 9.72 Å². The van der Waals surface area contributed by atoms with Gasteiger partial charge in [-0.25, -0.2) is 8.78 Å². The number of nitrogens with zero attached hydrogens (tertiary/aromatic N) is 1. The largest absolute Gasteiger partial charge is 0.494 e. The SMILES string of the molecule is COC(=O)Cc1cc(C(F)F)c(OC)c(CCl)n1. The van der Waals surface area contributed by atoms with Crippen molar-refractivity contribution in [2.45, 2.75) is 18.7 Å². The van der Waals surface area contributed by atoms with Crippen LogP contribution in [0, 0.1) is 0 Å². The van der Waals surface area contributed by atoms with Gasteiger partial charge in [0.1, 0.15) is 0 Å². The Morgan fingerprint density at radius 3 is 2.61 bits per heavy atom. The standard InChI is InChI=1S/C11H12ClF2NO3/c1-17-9(16)4-6-3-7(11(13)14)10(18-2)8(5-12)15-6/h3,11H,4-5H2,1-2H3. The minimum absolute atomic E-state index is 0.0476. The third-order valence-corrected chi connectivity index (χ3v) is 2.50. The predicted octanol–water partition coefficient (Wildman–Crippen LogP) is 2.48. The number of esters is 1. The average molecular weight is 280 g/mol. The van der Waals surface area contributed by atoms with Crippen molar-refractivity contribution in [1.82, 2.24) is 4.98 Å². The molecule has 0 atom stereocenters. The molecule has 1 aromatic rings. The van der Waals surface area contributed by atoms with Gasteiger partial charge >= 0.3 is 5.97 Å². The highest BCUT2D eigenvalue weighted by atomic mass is 35.5. The van der Waals surface area contributed by atoms with Gasteiger partial charge in [-0.05, 0) is 6.07 Å². The first kappa shape index (κ1) is 14.6. The van der Waals surface area contributed by atoms with Crippen molar-refractivity contribution in [1.29, 1.82) is 0 Å². The number of alkyl halides is 3. The smallest absolute Gasteiger partial charge is 0.311 e. The third kappa shape index (κ3) is 3.29. The molecule has 0 saturated heterocycles. The lowest BCUT2D eigenvalue weighted by molar-refractivity contribution is -0.139. The second-order valence-corrected chi connectivity index (χ2v) is 3.64. The van der Waals surface area contributed by atoms with Crippen molar-refractivity contribution < 1.29 is 23.0 Å². The van der Waals surface area contributed by atoms with Gasteiger partial charge in [0.2, 0.25) is 0 Å². The molecule has 18 heavy (non-hydrogen) atoms. The topological polar surface area (TPSA) is 48.4 Å². The summed E-state index contributed by atoms with van der Waals surface area (Å²) in [4.78, 5) is 15.1. The Kier molecular flexibility index (Phi) is 5.27. The van der Waals surface area contributed by atoms with Gasteiger partial charge in [-0.2, -0.15) is 0 Å². The van der Waals surface area contributed by atoms with Gasteiger partial charge in [-0.15, -0.1) is 11.6 Å². The predicted molar refractivity (Wildman–Crippen MR) is 61.0 cm³/mol. The number of carbonyl (C=O) groups excluding carboxylic acids is 1. The number of halogens is 3. The molecule has 0 aromatic carbocycles. The maximum Gasteiger partial charge on any atom is 0.311 e. The molecular weight excluding hydrogens is 268 g/mol. The summed E-state index contributed by atoms with van der Waals surface area (Å²) in [5.41, 5.74) is 0.0199. The lowest BCUT2D eigenvalue weighted by Crippen LogP contribution is -2.09. The van der Waals surface area contributed by atoms with Crippen molar-refractivity contribution in [3.63, 3.8) is 0 Å². The van der Waals surface area contributed by atoms with Gasteiger partial charge in [0.05, 0.1) is 43.5 Å². The summed E-state index contributed by atoms with van der Waals surface area (Å²) >= 11 is 5.63. The molecule has 1 rings (SSSR count).